The minimum absolute atomic E-state index is 0.127. The predicted molar refractivity (Wildman–Crippen MR) is 113 cm³/mol. The van der Waals surface area contributed by atoms with Gasteiger partial charge in [-0.15, -0.1) is 0 Å². The van der Waals surface area contributed by atoms with E-state index >= 15 is 0 Å². The molecule has 0 fully saturated rings. The summed E-state index contributed by atoms with van der Waals surface area (Å²) in [7, 11) is 0. The quantitative estimate of drug-likeness (QED) is 0.334. The number of benzene rings is 2. The van der Waals surface area contributed by atoms with Gasteiger partial charge in [-0.3, -0.25) is 4.79 Å². The fourth-order valence-corrected chi connectivity index (χ4v) is 3.40. The number of allylic oxidation sites excluding steroid dienone is 1. The highest BCUT2D eigenvalue weighted by molar-refractivity contribution is 5.83. The Morgan fingerprint density at radius 2 is 1.76 bits per heavy atom. The van der Waals surface area contributed by atoms with Gasteiger partial charge in [0.05, 0.1) is 16.9 Å². The monoisotopic (exact) mass is 385 g/mol. The molecular formula is C24H20FN3O. The Morgan fingerprint density at radius 1 is 1.00 bits per heavy atom. The Labute approximate surface area is 168 Å². The topological polar surface area (TPSA) is 47.8 Å². The van der Waals surface area contributed by atoms with Crippen molar-refractivity contribution in [1.82, 2.24) is 14.8 Å². The lowest BCUT2D eigenvalue weighted by molar-refractivity contribution is -0.104. The average Bonchev–Trinajstić information content (AvgIpc) is 3.12. The molecule has 29 heavy (non-hydrogen) atoms. The van der Waals surface area contributed by atoms with E-state index < -0.39 is 0 Å². The summed E-state index contributed by atoms with van der Waals surface area (Å²) >= 11 is 0. The molecule has 0 atom stereocenters. The van der Waals surface area contributed by atoms with Crippen LogP contribution in [0.15, 0.2) is 66.7 Å². The van der Waals surface area contributed by atoms with E-state index in [0.717, 1.165) is 39.7 Å². The number of fused-ring (bicyclic) bond motifs is 1. The highest BCUT2D eigenvalue weighted by Crippen LogP contribution is 2.33. The number of hydrogen-bond acceptors (Lipinski definition) is 3. The third-order valence-corrected chi connectivity index (χ3v) is 4.76. The van der Waals surface area contributed by atoms with Crippen LogP contribution in [-0.2, 0) is 4.79 Å². The summed E-state index contributed by atoms with van der Waals surface area (Å²) < 4.78 is 15.3. The van der Waals surface area contributed by atoms with E-state index in [0.29, 0.717) is 5.82 Å². The number of carbonyl (C=O) groups excluding carboxylic acids is 1. The second-order valence-corrected chi connectivity index (χ2v) is 7.08. The molecule has 0 spiro atoms. The standard InChI is InChI=1S/C24H20FN3O/c1-16(2)23-20(7-5-15-29)24(18-9-12-19(25)13-10-18)28(27-23)22-14-11-17-6-3-4-8-21(17)26-22/h3-16H,1-2H3. The number of nitrogens with zero attached hydrogens (tertiary/aromatic N) is 3. The molecule has 2 heterocycles. The minimum Gasteiger partial charge on any atom is -0.299 e. The fraction of sp³-hybridized carbons (Fsp3) is 0.125. The molecule has 0 saturated carbocycles. The summed E-state index contributed by atoms with van der Waals surface area (Å²) in [6.07, 6.45) is 3.95. The molecule has 5 heteroatoms. The van der Waals surface area contributed by atoms with Crippen molar-refractivity contribution in [3.05, 3.63) is 83.8 Å². The molecule has 4 nitrogen and oxygen atoms in total. The number of aldehydes is 1. The average molecular weight is 385 g/mol. The summed E-state index contributed by atoms with van der Waals surface area (Å²) in [6.45, 7) is 4.10. The first-order valence-corrected chi connectivity index (χ1v) is 9.45. The Balaban J connectivity index is 2.02. The van der Waals surface area contributed by atoms with Crippen LogP contribution in [0, 0.1) is 5.82 Å². The van der Waals surface area contributed by atoms with Crippen molar-refractivity contribution in [3.63, 3.8) is 0 Å². The van der Waals surface area contributed by atoms with Gasteiger partial charge in [-0.05, 0) is 60.5 Å². The molecule has 0 aliphatic rings. The number of para-hydroxylation sites is 1. The lowest BCUT2D eigenvalue weighted by Gasteiger charge is -2.09. The van der Waals surface area contributed by atoms with Crippen molar-refractivity contribution in [2.45, 2.75) is 19.8 Å². The second kappa shape index (κ2) is 7.80. The highest BCUT2D eigenvalue weighted by atomic mass is 19.1. The van der Waals surface area contributed by atoms with E-state index in [9.17, 15) is 9.18 Å². The van der Waals surface area contributed by atoms with Gasteiger partial charge in [0.1, 0.15) is 12.1 Å². The molecule has 0 amide bonds. The molecule has 0 saturated heterocycles. The van der Waals surface area contributed by atoms with Crippen molar-refractivity contribution < 1.29 is 9.18 Å². The van der Waals surface area contributed by atoms with E-state index in [2.05, 4.69) is 0 Å². The van der Waals surface area contributed by atoms with Crippen LogP contribution in [0.3, 0.4) is 0 Å². The van der Waals surface area contributed by atoms with E-state index in [1.54, 1.807) is 22.9 Å². The van der Waals surface area contributed by atoms with Crippen molar-refractivity contribution in [3.8, 4) is 17.1 Å². The molecule has 0 N–H and O–H groups in total. The number of halogens is 1. The highest BCUT2D eigenvalue weighted by Gasteiger charge is 2.21. The zero-order valence-electron chi connectivity index (χ0n) is 16.2. The Morgan fingerprint density at radius 3 is 2.48 bits per heavy atom. The van der Waals surface area contributed by atoms with Gasteiger partial charge in [0.2, 0.25) is 0 Å². The Hall–Kier alpha value is -3.60. The van der Waals surface area contributed by atoms with Crippen molar-refractivity contribution in [2.75, 3.05) is 0 Å². The van der Waals surface area contributed by atoms with Gasteiger partial charge in [-0.25, -0.2) is 14.1 Å². The number of rotatable bonds is 5. The zero-order valence-corrected chi connectivity index (χ0v) is 16.2. The van der Waals surface area contributed by atoms with Crippen LogP contribution < -0.4 is 0 Å². The lowest BCUT2D eigenvalue weighted by Crippen LogP contribution is -2.03. The van der Waals surface area contributed by atoms with Gasteiger partial charge in [-0.1, -0.05) is 32.0 Å². The van der Waals surface area contributed by atoms with Crippen LogP contribution >= 0.6 is 0 Å². The second-order valence-electron chi connectivity index (χ2n) is 7.08. The van der Waals surface area contributed by atoms with E-state index in [-0.39, 0.29) is 11.7 Å². The predicted octanol–water partition coefficient (Wildman–Crippen LogP) is 5.56. The largest absolute Gasteiger partial charge is 0.299 e. The van der Waals surface area contributed by atoms with Gasteiger partial charge in [0.15, 0.2) is 5.82 Å². The maximum atomic E-state index is 13.5. The number of carbonyl (C=O) groups is 1. The summed E-state index contributed by atoms with van der Waals surface area (Å²) in [5.41, 5.74) is 4.11. The molecule has 2 aromatic carbocycles. The third-order valence-electron chi connectivity index (χ3n) is 4.76. The Kier molecular flexibility index (Phi) is 5.04. The van der Waals surface area contributed by atoms with Crippen LogP contribution in [0.5, 0.6) is 0 Å². The third kappa shape index (κ3) is 3.59. The summed E-state index contributed by atoms with van der Waals surface area (Å²) in [5, 5.41) is 5.87. The molecule has 4 aromatic rings. The van der Waals surface area contributed by atoms with Crippen LogP contribution in [0.4, 0.5) is 4.39 Å². The molecule has 0 unspecified atom stereocenters. The van der Waals surface area contributed by atoms with Crippen LogP contribution in [0.2, 0.25) is 0 Å². The van der Waals surface area contributed by atoms with Gasteiger partial charge < -0.3 is 0 Å². The maximum absolute atomic E-state index is 13.5. The van der Waals surface area contributed by atoms with E-state index in [1.165, 1.54) is 18.2 Å². The number of hydrogen-bond donors (Lipinski definition) is 0. The van der Waals surface area contributed by atoms with Crippen LogP contribution in [0.25, 0.3) is 34.1 Å². The Bertz CT molecular complexity index is 1210. The number of aromatic nitrogens is 3. The summed E-state index contributed by atoms with van der Waals surface area (Å²) in [4.78, 5) is 15.8. The van der Waals surface area contributed by atoms with Gasteiger partial charge >= 0.3 is 0 Å². The smallest absolute Gasteiger partial charge is 0.154 e. The van der Waals surface area contributed by atoms with E-state index in [4.69, 9.17) is 10.1 Å². The SMILES string of the molecule is CC(C)c1nn(-c2ccc3ccccc3n2)c(-c2ccc(F)cc2)c1C=CC=O. The van der Waals surface area contributed by atoms with Crippen molar-refractivity contribution >= 4 is 23.3 Å². The lowest BCUT2D eigenvalue weighted by atomic mass is 10.00. The molecule has 144 valence electrons. The summed E-state index contributed by atoms with van der Waals surface area (Å²) in [5.74, 6) is 0.482. The van der Waals surface area contributed by atoms with Crippen LogP contribution in [0.1, 0.15) is 31.0 Å². The normalized spacial score (nSPS) is 11.6. The zero-order chi connectivity index (χ0) is 20.4. The first-order valence-electron chi connectivity index (χ1n) is 9.45. The maximum Gasteiger partial charge on any atom is 0.154 e. The van der Waals surface area contributed by atoms with Crippen LogP contribution in [-0.4, -0.2) is 21.1 Å². The molecule has 2 aromatic heterocycles. The fourth-order valence-electron chi connectivity index (χ4n) is 3.40. The summed E-state index contributed by atoms with van der Waals surface area (Å²) in [6, 6.07) is 18.1. The molecule has 0 radical (unpaired) electrons. The van der Waals surface area contributed by atoms with Gasteiger partial charge in [0.25, 0.3) is 0 Å². The van der Waals surface area contributed by atoms with E-state index in [1.807, 2.05) is 50.2 Å². The van der Waals surface area contributed by atoms with Crippen molar-refractivity contribution in [2.24, 2.45) is 0 Å². The first-order chi connectivity index (χ1) is 14.1. The van der Waals surface area contributed by atoms with Gasteiger partial charge in [-0.2, -0.15) is 5.10 Å². The van der Waals surface area contributed by atoms with Crippen molar-refractivity contribution in [1.29, 1.82) is 0 Å². The minimum atomic E-state index is -0.308. The molecule has 4 rings (SSSR count). The molecule has 0 aliphatic heterocycles. The van der Waals surface area contributed by atoms with Gasteiger partial charge in [0, 0.05) is 16.5 Å². The molecular weight excluding hydrogens is 365 g/mol. The first kappa shape index (κ1) is 18.7. The molecule has 0 bridgehead atoms. The molecule has 0 aliphatic carbocycles. The number of pyridine rings is 1.